The van der Waals surface area contributed by atoms with Crippen LogP contribution in [-0.2, 0) is 16.0 Å². The minimum absolute atomic E-state index is 0.113. The molecule has 4 nitrogen and oxygen atoms in total. The van der Waals surface area contributed by atoms with Crippen LogP contribution in [0.15, 0.2) is 24.3 Å². The molecule has 0 aliphatic carbocycles. The van der Waals surface area contributed by atoms with Crippen molar-refractivity contribution in [2.24, 2.45) is 5.73 Å². The maximum absolute atomic E-state index is 11.1. The van der Waals surface area contributed by atoms with E-state index >= 15 is 0 Å². The number of benzene rings is 1. The third-order valence-corrected chi connectivity index (χ3v) is 2.19. The van der Waals surface area contributed by atoms with Gasteiger partial charge in [0, 0.05) is 6.61 Å². The second kappa shape index (κ2) is 5.48. The zero-order valence-corrected chi connectivity index (χ0v) is 8.64. The summed E-state index contributed by atoms with van der Waals surface area (Å²) in [6, 6.07) is 6.49. The maximum Gasteiger partial charge on any atom is 0.327 e. The molecule has 0 heterocycles. The third-order valence-electron chi connectivity index (χ3n) is 2.19. The molecule has 82 valence electrons. The molecule has 0 aliphatic rings. The standard InChI is InChI=1S/C11H15NO3/c1-15-11(14)10(12)9-4-2-8(3-5-9)6-7-13/h2-5,10,13H,6-7,12H2,1H3. The summed E-state index contributed by atoms with van der Waals surface area (Å²) in [5.41, 5.74) is 7.37. The number of aliphatic hydroxyl groups excluding tert-OH is 1. The van der Waals surface area contributed by atoms with Gasteiger partial charge in [0.15, 0.2) is 0 Å². The Hall–Kier alpha value is -1.39. The first-order chi connectivity index (χ1) is 7.19. The van der Waals surface area contributed by atoms with E-state index in [1.807, 2.05) is 12.1 Å². The van der Waals surface area contributed by atoms with Crippen LogP contribution in [0.2, 0.25) is 0 Å². The van der Waals surface area contributed by atoms with Gasteiger partial charge in [-0.2, -0.15) is 0 Å². The molecule has 3 N–H and O–H groups in total. The number of hydrogen-bond donors (Lipinski definition) is 2. The van der Waals surface area contributed by atoms with Gasteiger partial charge in [-0.25, -0.2) is 0 Å². The number of rotatable bonds is 4. The highest BCUT2D eigenvalue weighted by Crippen LogP contribution is 2.13. The molecule has 1 aromatic carbocycles. The van der Waals surface area contributed by atoms with Crippen LogP contribution in [0.5, 0.6) is 0 Å². The van der Waals surface area contributed by atoms with E-state index in [1.54, 1.807) is 12.1 Å². The van der Waals surface area contributed by atoms with Crippen molar-refractivity contribution in [2.45, 2.75) is 12.5 Å². The molecule has 0 aliphatic heterocycles. The molecule has 0 saturated carbocycles. The Labute approximate surface area is 88.7 Å². The lowest BCUT2D eigenvalue weighted by atomic mass is 10.0. The predicted molar refractivity (Wildman–Crippen MR) is 56.2 cm³/mol. The van der Waals surface area contributed by atoms with Crippen LogP contribution in [0.4, 0.5) is 0 Å². The van der Waals surface area contributed by atoms with E-state index in [1.165, 1.54) is 7.11 Å². The summed E-state index contributed by atoms with van der Waals surface area (Å²) >= 11 is 0. The van der Waals surface area contributed by atoms with Gasteiger partial charge in [-0.05, 0) is 17.5 Å². The van der Waals surface area contributed by atoms with Crippen LogP contribution in [0.25, 0.3) is 0 Å². The number of esters is 1. The molecule has 0 bridgehead atoms. The first-order valence-electron chi connectivity index (χ1n) is 4.72. The molecule has 0 saturated heterocycles. The zero-order valence-electron chi connectivity index (χ0n) is 8.64. The molecule has 0 aromatic heterocycles. The van der Waals surface area contributed by atoms with Gasteiger partial charge in [0.05, 0.1) is 7.11 Å². The molecule has 0 spiro atoms. The number of methoxy groups -OCH3 is 1. The average Bonchev–Trinajstić information content (AvgIpc) is 2.28. The minimum atomic E-state index is -0.738. The Morgan fingerprint density at radius 2 is 2.07 bits per heavy atom. The van der Waals surface area contributed by atoms with Crippen LogP contribution in [-0.4, -0.2) is 24.8 Å². The van der Waals surface area contributed by atoms with E-state index < -0.39 is 12.0 Å². The minimum Gasteiger partial charge on any atom is -0.468 e. The highest BCUT2D eigenvalue weighted by Gasteiger charge is 2.15. The van der Waals surface area contributed by atoms with Gasteiger partial charge < -0.3 is 15.6 Å². The Bertz CT molecular complexity index is 321. The smallest absolute Gasteiger partial charge is 0.327 e. The van der Waals surface area contributed by atoms with Gasteiger partial charge in [-0.1, -0.05) is 24.3 Å². The second-order valence-electron chi connectivity index (χ2n) is 3.22. The lowest BCUT2D eigenvalue weighted by Crippen LogP contribution is -2.22. The third kappa shape index (κ3) is 3.04. The topological polar surface area (TPSA) is 72.5 Å². The molecule has 1 atom stereocenters. The van der Waals surface area contributed by atoms with Gasteiger partial charge in [0.2, 0.25) is 0 Å². The van der Waals surface area contributed by atoms with E-state index in [9.17, 15) is 4.79 Å². The largest absolute Gasteiger partial charge is 0.468 e. The number of carbonyl (C=O) groups is 1. The fourth-order valence-electron chi connectivity index (χ4n) is 1.28. The monoisotopic (exact) mass is 209 g/mol. The molecule has 0 radical (unpaired) electrons. The van der Waals surface area contributed by atoms with E-state index in [0.717, 1.165) is 5.56 Å². The molecule has 1 aromatic rings. The van der Waals surface area contributed by atoms with Crippen LogP contribution < -0.4 is 5.73 Å². The van der Waals surface area contributed by atoms with Gasteiger partial charge in [-0.15, -0.1) is 0 Å². The summed E-state index contributed by atoms with van der Waals surface area (Å²) in [5.74, 6) is -0.454. The van der Waals surface area contributed by atoms with Crippen molar-refractivity contribution in [3.8, 4) is 0 Å². The summed E-state index contributed by atoms with van der Waals surface area (Å²) in [6.07, 6.45) is 0.605. The SMILES string of the molecule is COC(=O)C(N)c1ccc(CCO)cc1. The zero-order chi connectivity index (χ0) is 11.3. The Morgan fingerprint density at radius 3 is 2.53 bits per heavy atom. The van der Waals surface area contributed by atoms with Crippen LogP contribution in [0.1, 0.15) is 17.2 Å². The van der Waals surface area contributed by atoms with E-state index in [2.05, 4.69) is 4.74 Å². The normalized spacial score (nSPS) is 12.2. The summed E-state index contributed by atoms with van der Waals surface area (Å²) in [4.78, 5) is 11.1. The van der Waals surface area contributed by atoms with Crippen LogP contribution >= 0.6 is 0 Å². The predicted octanol–water partition coefficient (Wildman–Crippen LogP) is 0.394. The van der Waals surface area contributed by atoms with Gasteiger partial charge in [0.25, 0.3) is 0 Å². The molecular formula is C11H15NO3. The Balaban J connectivity index is 2.75. The fraction of sp³-hybridized carbons (Fsp3) is 0.364. The number of ether oxygens (including phenoxy) is 1. The van der Waals surface area contributed by atoms with Crippen LogP contribution in [0, 0.1) is 0 Å². The van der Waals surface area contributed by atoms with Crippen molar-refractivity contribution < 1.29 is 14.6 Å². The molecule has 0 amide bonds. The van der Waals surface area contributed by atoms with E-state index in [-0.39, 0.29) is 6.61 Å². The first-order valence-corrected chi connectivity index (χ1v) is 4.72. The maximum atomic E-state index is 11.1. The lowest BCUT2D eigenvalue weighted by molar-refractivity contribution is -0.142. The quantitative estimate of drug-likeness (QED) is 0.704. The van der Waals surface area contributed by atoms with Crippen LogP contribution in [0.3, 0.4) is 0 Å². The number of nitrogens with two attached hydrogens (primary N) is 1. The first kappa shape index (κ1) is 11.7. The number of aliphatic hydroxyl groups is 1. The highest BCUT2D eigenvalue weighted by atomic mass is 16.5. The average molecular weight is 209 g/mol. The molecule has 1 unspecified atom stereocenters. The van der Waals surface area contributed by atoms with Crippen molar-refractivity contribution in [2.75, 3.05) is 13.7 Å². The van der Waals surface area contributed by atoms with Crippen molar-refractivity contribution in [3.63, 3.8) is 0 Å². The van der Waals surface area contributed by atoms with Gasteiger partial charge in [0.1, 0.15) is 6.04 Å². The fourth-order valence-corrected chi connectivity index (χ4v) is 1.28. The molecule has 4 heteroatoms. The van der Waals surface area contributed by atoms with Crippen molar-refractivity contribution in [1.82, 2.24) is 0 Å². The van der Waals surface area contributed by atoms with Crippen molar-refractivity contribution in [1.29, 1.82) is 0 Å². The molecule has 0 fully saturated rings. The number of hydrogen-bond acceptors (Lipinski definition) is 4. The Morgan fingerprint density at radius 1 is 1.47 bits per heavy atom. The number of carbonyl (C=O) groups excluding carboxylic acids is 1. The second-order valence-corrected chi connectivity index (χ2v) is 3.22. The van der Waals surface area contributed by atoms with E-state index in [4.69, 9.17) is 10.8 Å². The molecular weight excluding hydrogens is 194 g/mol. The van der Waals surface area contributed by atoms with Crippen molar-refractivity contribution >= 4 is 5.97 Å². The summed E-state index contributed by atoms with van der Waals surface area (Å²) < 4.78 is 4.54. The Kier molecular flexibility index (Phi) is 4.27. The summed E-state index contributed by atoms with van der Waals surface area (Å²) in [7, 11) is 1.31. The lowest BCUT2D eigenvalue weighted by Gasteiger charge is -2.09. The summed E-state index contributed by atoms with van der Waals surface area (Å²) in [6.45, 7) is 0.113. The van der Waals surface area contributed by atoms with Gasteiger partial charge >= 0.3 is 5.97 Å². The highest BCUT2D eigenvalue weighted by molar-refractivity contribution is 5.77. The molecule has 15 heavy (non-hydrogen) atoms. The van der Waals surface area contributed by atoms with E-state index in [0.29, 0.717) is 12.0 Å². The van der Waals surface area contributed by atoms with Gasteiger partial charge in [-0.3, -0.25) is 4.79 Å². The molecule has 1 rings (SSSR count). The summed E-state index contributed by atoms with van der Waals surface area (Å²) in [5, 5.41) is 8.73. The van der Waals surface area contributed by atoms with Crippen molar-refractivity contribution in [3.05, 3.63) is 35.4 Å².